The maximum absolute atomic E-state index is 13.6. The summed E-state index contributed by atoms with van der Waals surface area (Å²) in [6.07, 6.45) is -4.65. The van der Waals surface area contributed by atoms with Crippen molar-refractivity contribution in [3.63, 3.8) is 0 Å². The maximum atomic E-state index is 13.6. The molecule has 0 fully saturated rings. The topological polar surface area (TPSA) is 29.1 Å². The van der Waals surface area contributed by atoms with E-state index in [0.29, 0.717) is 23.1 Å². The van der Waals surface area contributed by atoms with Gasteiger partial charge >= 0.3 is 6.18 Å². The molecule has 110 valence electrons. The minimum atomic E-state index is -4.65. The minimum Gasteiger partial charge on any atom is -0.321 e. The van der Waals surface area contributed by atoms with Crippen LogP contribution in [0.1, 0.15) is 15.9 Å². The zero-order valence-corrected chi connectivity index (χ0v) is 11.3. The summed E-state index contributed by atoms with van der Waals surface area (Å²) in [5.41, 5.74) is -1.49. The zero-order chi connectivity index (χ0) is 15.6. The Bertz CT molecular complexity index is 685. The smallest absolute Gasteiger partial charge is 0.321 e. The SMILES string of the molecule is O=C(Nc1ccccc1S)c1cc(C(F)(F)F)ccc1F. The lowest BCUT2D eigenvalue weighted by Gasteiger charge is -2.11. The number of hydrogen-bond donors (Lipinski definition) is 2. The Morgan fingerprint density at radius 2 is 1.76 bits per heavy atom. The highest BCUT2D eigenvalue weighted by atomic mass is 32.1. The molecule has 0 aromatic heterocycles. The third-order valence-electron chi connectivity index (χ3n) is 2.69. The first-order valence-electron chi connectivity index (χ1n) is 5.75. The van der Waals surface area contributed by atoms with E-state index in [-0.39, 0.29) is 5.69 Å². The van der Waals surface area contributed by atoms with E-state index in [9.17, 15) is 22.4 Å². The second-order valence-electron chi connectivity index (χ2n) is 4.16. The number of nitrogens with one attached hydrogen (secondary N) is 1. The summed E-state index contributed by atoms with van der Waals surface area (Å²) < 4.78 is 51.3. The van der Waals surface area contributed by atoms with Crippen LogP contribution in [0.3, 0.4) is 0 Å². The first-order valence-corrected chi connectivity index (χ1v) is 6.20. The summed E-state index contributed by atoms with van der Waals surface area (Å²) in [5.74, 6) is -2.00. The Balaban J connectivity index is 2.33. The highest BCUT2D eigenvalue weighted by Crippen LogP contribution is 2.30. The molecule has 2 nitrogen and oxygen atoms in total. The molecule has 7 heteroatoms. The molecule has 0 unspecified atom stereocenters. The first-order chi connectivity index (χ1) is 9.79. The Morgan fingerprint density at radius 3 is 2.38 bits per heavy atom. The molecule has 21 heavy (non-hydrogen) atoms. The van der Waals surface area contributed by atoms with Crippen molar-refractivity contribution in [2.45, 2.75) is 11.1 Å². The van der Waals surface area contributed by atoms with Gasteiger partial charge in [-0.1, -0.05) is 12.1 Å². The number of para-hydroxylation sites is 1. The van der Waals surface area contributed by atoms with Crippen molar-refractivity contribution >= 4 is 24.2 Å². The highest BCUT2D eigenvalue weighted by Gasteiger charge is 2.32. The number of rotatable bonds is 2. The fraction of sp³-hybridized carbons (Fsp3) is 0.0714. The summed E-state index contributed by atoms with van der Waals surface area (Å²) in [5, 5.41) is 2.32. The van der Waals surface area contributed by atoms with E-state index in [1.54, 1.807) is 18.2 Å². The fourth-order valence-corrected chi connectivity index (χ4v) is 1.86. The van der Waals surface area contributed by atoms with Gasteiger partial charge in [0.05, 0.1) is 16.8 Å². The lowest BCUT2D eigenvalue weighted by Crippen LogP contribution is -2.16. The number of halogens is 4. The van der Waals surface area contributed by atoms with Crippen LogP contribution < -0.4 is 5.32 Å². The van der Waals surface area contributed by atoms with Crippen molar-refractivity contribution in [1.29, 1.82) is 0 Å². The molecule has 1 amide bonds. The molecule has 0 heterocycles. The summed E-state index contributed by atoms with van der Waals surface area (Å²) in [4.78, 5) is 12.3. The van der Waals surface area contributed by atoms with Crippen LogP contribution in [-0.4, -0.2) is 5.91 Å². The van der Waals surface area contributed by atoms with Crippen molar-refractivity contribution in [3.8, 4) is 0 Å². The molecule has 0 aliphatic carbocycles. The van der Waals surface area contributed by atoms with Gasteiger partial charge in [0.1, 0.15) is 5.82 Å². The molecule has 1 N–H and O–H groups in total. The van der Waals surface area contributed by atoms with Crippen molar-refractivity contribution in [1.82, 2.24) is 0 Å². The maximum Gasteiger partial charge on any atom is 0.416 e. The number of carbonyl (C=O) groups excluding carboxylic acids is 1. The number of benzene rings is 2. The van der Waals surface area contributed by atoms with E-state index in [1.807, 2.05) is 0 Å². The molecule has 0 radical (unpaired) electrons. The average molecular weight is 315 g/mol. The quantitative estimate of drug-likeness (QED) is 0.625. The van der Waals surface area contributed by atoms with Crippen molar-refractivity contribution in [2.24, 2.45) is 0 Å². The van der Waals surface area contributed by atoms with Gasteiger partial charge in [0, 0.05) is 4.90 Å². The van der Waals surface area contributed by atoms with Crippen molar-refractivity contribution in [2.75, 3.05) is 5.32 Å². The Kier molecular flexibility index (Phi) is 4.22. The van der Waals surface area contributed by atoms with E-state index in [4.69, 9.17) is 0 Å². The molecule has 0 atom stereocenters. The Labute approximate surface area is 123 Å². The molecule has 0 aliphatic heterocycles. The fourth-order valence-electron chi connectivity index (χ4n) is 1.64. The van der Waals surface area contributed by atoms with Crippen LogP contribution in [0.2, 0.25) is 0 Å². The van der Waals surface area contributed by atoms with Crippen LogP contribution in [0.15, 0.2) is 47.4 Å². The van der Waals surface area contributed by atoms with E-state index in [2.05, 4.69) is 17.9 Å². The number of hydrogen-bond acceptors (Lipinski definition) is 2. The van der Waals surface area contributed by atoms with Crippen LogP contribution in [0.25, 0.3) is 0 Å². The lowest BCUT2D eigenvalue weighted by molar-refractivity contribution is -0.137. The molecule has 0 saturated heterocycles. The third kappa shape index (κ3) is 3.55. The van der Waals surface area contributed by atoms with Gasteiger partial charge in [-0.15, -0.1) is 12.6 Å². The van der Waals surface area contributed by atoms with E-state index < -0.39 is 29.0 Å². The van der Waals surface area contributed by atoms with Gasteiger partial charge in [-0.05, 0) is 30.3 Å². The molecule has 0 bridgehead atoms. The van der Waals surface area contributed by atoms with Crippen molar-refractivity contribution in [3.05, 3.63) is 59.4 Å². The minimum absolute atomic E-state index is 0.280. The van der Waals surface area contributed by atoms with Gasteiger partial charge in [0.15, 0.2) is 0 Å². The standard InChI is InChI=1S/C14H9F4NOS/c15-10-6-5-8(14(16,17)18)7-9(10)13(20)19-11-3-1-2-4-12(11)21/h1-7,21H,(H,19,20). The predicted molar refractivity (Wildman–Crippen MR) is 73.0 cm³/mol. The van der Waals surface area contributed by atoms with Gasteiger partial charge < -0.3 is 5.32 Å². The summed E-state index contributed by atoms with van der Waals surface area (Å²) in [6.45, 7) is 0. The zero-order valence-electron chi connectivity index (χ0n) is 10.4. The third-order valence-corrected chi connectivity index (χ3v) is 3.08. The number of alkyl halides is 3. The van der Waals surface area contributed by atoms with E-state index >= 15 is 0 Å². The van der Waals surface area contributed by atoms with Crippen LogP contribution in [0.5, 0.6) is 0 Å². The Hall–Kier alpha value is -2.02. The number of anilines is 1. The van der Waals surface area contributed by atoms with Gasteiger partial charge in [0.25, 0.3) is 5.91 Å². The second-order valence-corrected chi connectivity index (χ2v) is 4.65. The molecular formula is C14H9F4NOS. The summed E-state index contributed by atoms with van der Waals surface area (Å²) >= 11 is 4.09. The van der Waals surface area contributed by atoms with Gasteiger partial charge in [0.2, 0.25) is 0 Å². The van der Waals surface area contributed by atoms with Gasteiger partial charge in [-0.2, -0.15) is 13.2 Å². The van der Waals surface area contributed by atoms with Crippen LogP contribution in [0.4, 0.5) is 23.2 Å². The number of carbonyl (C=O) groups is 1. The number of amides is 1. The Morgan fingerprint density at radius 1 is 1.10 bits per heavy atom. The molecule has 2 aromatic rings. The van der Waals surface area contributed by atoms with E-state index in [1.165, 1.54) is 6.07 Å². The monoisotopic (exact) mass is 315 g/mol. The molecule has 2 aromatic carbocycles. The van der Waals surface area contributed by atoms with Gasteiger partial charge in [-0.3, -0.25) is 4.79 Å². The molecule has 0 spiro atoms. The van der Waals surface area contributed by atoms with Crippen LogP contribution in [-0.2, 0) is 6.18 Å². The van der Waals surface area contributed by atoms with Crippen LogP contribution in [0, 0.1) is 5.82 Å². The largest absolute Gasteiger partial charge is 0.416 e. The van der Waals surface area contributed by atoms with Gasteiger partial charge in [-0.25, -0.2) is 4.39 Å². The molecular weight excluding hydrogens is 306 g/mol. The number of thiol groups is 1. The van der Waals surface area contributed by atoms with E-state index in [0.717, 1.165) is 0 Å². The molecule has 0 aliphatic rings. The normalized spacial score (nSPS) is 11.3. The lowest BCUT2D eigenvalue weighted by atomic mass is 10.1. The summed E-state index contributed by atoms with van der Waals surface area (Å²) in [6, 6.07) is 8.04. The predicted octanol–water partition coefficient (Wildman–Crippen LogP) is 4.39. The highest BCUT2D eigenvalue weighted by molar-refractivity contribution is 7.80. The first kappa shape index (κ1) is 15.4. The molecule has 2 rings (SSSR count). The summed E-state index contributed by atoms with van der Waals surface area (Å²) in [7, 11) is 0. The van der Waals surface area contributed by atoms with Crippen LogP contribution >= 0.6 is 12.6 Å². The second kappa shape index (κ2) is 5.77. The molecule has 0 saturated carbocycles. The average Bonchev–Trinajstić information content (AvgIpc) is 2.40. The van der Waals surface area contributed by atoms with Crippen molar-refractivity contribution < 1.29 is 22.4 Å².